The minimum Gasteiger partial charge on any atom is -0.497 e. The van der Waals surface area contributed by atoms with E-state index in [1.165, 1.54) is 7.11 Å². The van der Waals surface area contributed by atoms with Crippen LogP contribution in [0.2, 0.25) is 0 Å². The first-order valence-corrected chi connectivity index (χ1v) is 13.1. The van der Waals surface area contributed by atoms with Gasteiger partial charge < -0.3 is 24.0 Å². The van der Waals surface area contributed by atoms with Crippen molar-refractivity contribution in [3.8, 4) is 5.75 Å². The molecule has 0 spiro atoms. The van der Waals surface area contributed by atoms with E-state index in [4.69, 9.17) is 14.2 Å². The van der Waals surface area contributed by atoms with E-state index in [1.54, 1.807) is 19.1 Å². The lowest BCUT2D eigenvalue weighted by Gasteiger charge is -2.40. The number of hydrogen-bond donors (Lipinski definition) is 1. The molecule has 1 aliphatic rings. The van der Waals surface area contributed by atoms with Gasteiger partial charge >= 0.3 is 11.9 Å². The number of methoxy groups -OCH3 is 1. The Balaban J connectivity index is 1.84. The molecule has 1 fully saturated rings. The van der Waals surface area contributed by atoms with Crippen LogP contribution in [0, 0.1) is 6.92 Å². The highest BCUT2D eigenvalue weighted by molar-refractivity contribution is 6.03. The van der Waals surface area contributed by atoms with Crippen molar-refractivity contribution in [2.24, 2.45) is 0 Å². The fraction of sp³-hybridized carbons (Fsp3) is 0.483. The fourth-order valence-electron chi connectivity index (χ4n) is 5.13. The van der Waals surface area contributed by atoms with Gasteiger partial charge in [0.2, 0.25) is 0 Å². The molecule has 0 aromatic heterocycles. The highest BCUT2D eigenvalue weighted by Crippen LogP contribution is 2.31. The van der Waals surface area contributed by atoms with Crippen LogP contribution in [0.15, 0.2) is 42.5 Å². The molecule has 2 aromatic carbocycles. The maximum Gasteiger partial charge on any atom is 0.362 e. The van der Waals surface area contributed by atoms with Crippen LogP contribution in [0.4, 0.5) is 5.69 Å². The highest BCUT2D eigenvalue weighted by Gasteiger charge is 2.45. The van der Waals surface area contributed by atoms with Gasteiger partial charge in [-0.2, -0.15) is 0 Å². The zero-order chi connectivity index (χ0) is 26.8. The number of carbonyl (C=O) groups excluding carboxylic acids is 3. The summed E-state index contributed by atoms with van der Waals surface area (Å²) in [7, 11) is 1.53. The molecule has 0 radical (unpaired) electrons. The molecule has 1 atom stereocenters. The molecule has 8 nitrogen and oxygen atoms in total. The van der Waals surface area contributed by atoms with Crippen LogP contribution in [0.5, 0.6) is 5.75 Å². The van der Waals surface area contributed by atoms with Gasteiger partial charge in [0.1, 0.15) is 12.4 Å². The number of likely N-dealkylation sites (tertiary alicyclic amines) is 1. The predicted octanol–water partition coefficient (Wildman–Crippen LogP) is 4.64. The molecule has 1 amide bonds. The third-order valence-electron chi connectivity index (χ3n) is 6.96. The third-order valence-corrected chi connectivity index (χ3v) is 6.96. The monoisotopic (exact) mass is 511 g/mol. The van der Waals surface area contributed by atoms with E-state index in [0.29, 0.717) is 27.9 Å². The fourth-order valence-corrected chi connectivity index (χ4v) is 5.13. The van der Waals surface area contributed by atoms with Crippen LogP contribution in [0.1, 0.15) is 61.0 Å². The number of amides is 1. The number of aryl methyl sites for hydroxylation is 1. The number of quaternary nitrogens is 1. The molecule has 3 rings (SSSR count). The van der Waals surface area contributed by atoms with Gasteiger partial charge in [0.05, 0.1) is 38.1 Å². The van der Waals surface area contributed by atoms with Gasteiger partial charge in [0.15, 0.2) is 12.6 Å². The van der Waals surface area contributed by atoms with E-state index < -0.39 is 12.0 Å². The molecule has 37 heavy (non-hydrogen) atoms. The number of carbonyl (C=O) groups is 3. The van der Waals surface area contributed by atoms with Crippen molar-refractivity contribution in [2.75, 3.05) is 38.7 Å². The predicted molar refractivity (Wildman–Crippen MR) is 141 cm³/mol. The molecule has 2 aromatic rings. The van der Waals surface area contributed by atoms with Crippen LogP contribution in [0.3, 0.4) is 0 Å². The molecule has 200 valence electrons. The first-order valence-electron chi connectivity index (χ1n) is 13.1. The number of nitrogens with one attached hydrogen (secondary N) is 1. The number of nitrogens with zero attached hydrogens (tertiary/aromatic N) is 1. The van der Waals surface area contributed by atoms with Crippen molar-refractivity contribution in [1.29, 1.82) is 0 Å². The summed E-state index contributed by atoms with van der Waals surface area (Å²) in [5.41, 5.74) is 2.28. The molecule has 1 unspecified atom stereocenters. The Hall–Kier alpha value is -3.39. The summed E-state index contributed by atoms with van der Waals surface area (Å²) >= 11 is 0. The van der Waals surface area contributed by atoms with Gasteiger partial charge in [-0.05, 0) is 43.5 Å². The van der Waals surface area contributed by atoms with E-state index in [2.05, 4.69) is 5.32 Å². The maximum absolute atomic E-state index is 13.8. The first-order chi connectivity index (χ1) is 17.8. The molecule has 0 saturated carbocycles. The standard InChI is InChI=1S/C29H38N2O6/c1-5-12-25(28(33)30-27-21(3)17-23(35-4)18-24(27)29(34)36-6-2)31(15-10-11-16-31)19-26(32)37-20-22-13-8-7-9-14-22/h7-9,13-14,17-18,25H,5-6,10-12,15-16,19-20H2,1-4H3/p+1. The van der Waals surface area contributed by atoms with Crippen molar-refractivity contribution in [2.45, 2.75) is 59.1 Å². The average Bonchev–Trinajstić information content (AvgIpc) is 3.36. The van der Waals surface area contributed by atoms with Crippen molar-refractivity contribution >= 4 is 23.5 Å². The van der Waals surface area contributed by atoms with Gasteiger partial charge in [-0.25, -0.2) is 9.59 Å². The van der Waals surface area contributed by atoms with Gasteiger partial charge in [-0.1, -0.05) is 37.3 Å². The van der Waals surface area contributed by atoms with E-state index in [-0.39, 0.29) is 37.2 Å². The molecule has 1 saturated heterocycles. The van der Waals surface area contributed by atoms with E-state index in [0.717, 1.165) is 37.9 Å². The Kier molecular flexibility index (Phi) is 10.1. The van der Waals surface area contributed by atoms with Crippen LogP contribution >= 0.6 is 0 Å². The largest absolute Gasteiger partial charge is 0.497 e. The van der Waals surface area contributed by atoms with Crippen LogP contribution in [-0.2, 0) is 25.7 Å². The number of ether oxygens (including phenoxy) is 3. The summed E-state index contributed by atoms with van der Waals surface area (Å²) in [6, 6.07) is 12.5. The third kappa shape index (κ3) is 7.10. The molecule has 0 aliphatic carbocycles. The minimum absolute atomic E-state index is 0.136. The molecule has 0 bridgehead atoms. The number of rotatable bonds is 12. The van der Waals surface area contributed by atoms with Crippen molar-refractivity contribution in [1.82, 2.24) is 0 Å². The lowest BCUT2D eigenvalue weighted by molar-refractivity contribution is -0.925. The Morgan fingerprint density at radius 1 is 1.03 bits per heavy atom. The topological polar surface area (TPSA) is 90.9 Å². The lowest BCUT2D eigenvalue weighted by Crippen LogP contribution is -2.60. The molecule has 1 N–H and O–H groups in total. The van der Waals surface area contributed by atoms with Gasteiger partial charge in [0.25, 0.3) is 5.91 Å². The summed E-state index contributed by atoms with van der Waals surface area (Å²) in [6.07, 6.45) is 3.27. The van der Waals surface area contributed by atoms with Crippen molar-refractivity contribution in [3.63, 3.8) is 0 Å². The summed E-state index contributed by atoms with van der Waals surface area (Å²) in [6.45, 7) is 7.59. The second kappa shape index (κ2) is 13.2. The Morgan fingerprint density at radius 3 is 2.35 bits per heavy atom. The second-order valence-electron chi connectivity index (χ2n) is 9.56. The number of anilines is 1. The van der Waals surface area contributed by atoms with Crippen molar-refractivity contribution in [3.05, 3.63) is 59.2 Å². The smallest absolute Gasteiger partial charge is 0.362 e. The lowest BCUT2D eigenvalue weighted by atomic mass is 10.0. The normalized spacial score (nSPS) is 15.0. The Morgan fingerprint density at radius 2 is 1.73 bits per heavy atom. The van der Waals surface area contributed by atoms with Crippen LogP contribution in [-0.4, -0.2) is 61.7 Å². The zero-order valence-electron chi connectivity index (χ0n) is 22.4. The number of benzene rings is 2. The maximum atomic E-state index is 13.8. The molecule has 1 heterocycles. The SMILES string of the molecule is CCCC(C(=O)Nc1c(C)cc(OC)cc1C(=O)OCC)[N+]1(CC(=O)OCc2ccccc2)CCCC1. The van der Waals surface area contributed by atoms with E-state index in [1.807, 2.05) is 44.2 Å². The average molecular weight is 512 g/mol. The highest BCUT2D eigenvalue weighted by atomic mass is 16.5. The molecular weight excluding hydrogens is 472 g/mol. The van der Waals surface area contributed by atoms with E-state index >= 15 is 0 Å². The summed E-state index contributed by atoms with van der Waals surface area (Å²) < 4.78 is 16.5. The summed E-state index contributed by atoms with van der Waals surface area (Å²) in [5.74, 6) is -0.541. The molecule has 8 heteroatoms. The number of hydrogen-bond acceptors (Lipinski definition) is 6. The number of esters is 2. The molecular formula is C29H39N2O6+. The van der Waals surface area contributed by atoms with Crippen molar-refractivity contribution < 1.29 is 33.1 Å². The van der Waals surface area contributed by atoms with Gasteiger partial charge in [-0.3, -0.25) is 4.79 Å². The van der Waals surface area contributed by atoms with Gasteiger partial charge in [-0.15, -0.1) is 0 Å². The van der Waals surface area contributed by atoms with Gasteiger partial charge in [0, 0.05) is 19.3 Å². The summed E-state index contributed by atoms with van der Waals surface area (Å²) in [5, 5.41) is 3.02. The summed E-state index contributed by atoms with van der Waals surface area (Å²) in [4.78, 5) is 39.5. The quantitative estimate of drug-likeness (QED) is 0.330. The Bertz CT molecular complexity index is 1080. The second-order valence-corrected chi connectivity index (χ2v) is 9.56. The van der Waals surface area contributed by atoms with Crippen LogP contribution < -0.4 is 10.1 Å². The van der Waals surface area contributed by atoms with E-state index in [9.17, 15) is 14.4 Å². The zero-order valence-corrected chi connectivity index (χ0v) is 22.4. The molecule has 1 aliphatic heterocycles. The minimum atomic E-state index is -0.526. The van der Waals surface area contributed by atoms with Crippen LogP contribution in [0.25, 0.3) is 0 Å². The first kappa shape index (κ1) is 28.2. The Labute approximate surface area is 219 Å².